The smallest absolute Gasteiger partial charge is 0.307 e. The number of carbonyl (C=O) groups excluding carboxylic acids is 1. The zero-order valence-corrected chi connectivity index (χ0v) is 4.49. The Labute approximate surface area is 45.6 Å². The number of amides is 1. The van der Waals surface area contributed by atoms with Gasteiger partial charge in [-0.25, -0.2) is 0 Å². The predicted molar refractivity (Wildman–Crippen MR) is 25.3 cm³/mol. The minimum absolute atomic E-state index is 0.337. The molecule has 0 aliphatic heterocycles. The van der Waals surface area contributed by atoms with E-state index in [-0.39, 0.29) is 0 Å². The Morgan fingerprint density at radius 2 is 2.57 bits per heavy atom. The number of nitrogens with zero attached hydrogens (tertiary/aromatic N) is 1. The molecule has 0 atom stereocenters. The van der Waals surface area contributed by atoms with E-state index in [0.717, 1.165) is 0 Å². The molecule has 2 radical (unpaired) electrons. The minimum Gasteiger partial charge on any atom is -0.348 e. The summed E-state index contributed by atoms with van der Waals surface area (Å²) in [4.78, 5) is 9.98. The van der Waals surface area contributed by atoms with Crippen molar-refractivity contribution in [2.75, 3.05) is 7.05 Å². The molecule has 0 spiro atoms. The lowest BCUT2D eigenvalue weighted by Crippen LogP contribution is -2.11. The molecule has 0 aromatic carbocycles. The third kappa shape index (κ3) is 3.57. The summed E-state index contributed by atoms with van der Waals surface area (Å²) in [6, 6.07) is 0. The summed E-state index contributed by atoms with van der Waals surface area (Å²) in [5.41, 5.74) is 0. The lowest BCUT2D eigenvalue weighted by molar-refractivity contribution is 0.259. The molecule has 0 unspecified atom stereocenters. The first-order valence-corrected chi connectivity index (χ1v) is 2.25. The summed E-state index contributed by atoms with van der Waals surface area (Å²) in [5.74, 6) is 7.57. The topological polar surface area (TPSA) is 60.6 Å². The van der Waals surface area contributed by atoms with Crippen molar-refractivity contribution in [1.29, 1.82) is 0 Å². The summed E-state index contributed by atoms with van der Waals surface area (Å²) in [7, 11) is 1.44. The molecule has 40 valence electrons. The second-order valence-corrected chi connectivity index (χ2v) is 1.38. The van der Waals surface area contributed by atoms with Crippen LogP contribution in [-0.4, -0.2) is 12.3 Å². The largest absolute Gasteiger partial charge is 0.348 e. The first-order chi connectivity index (χ1) is 3.31. The molecule has 0 aliphatic rings. The van der Waals surface area contributed by atoms with Crippen LogP contribution in [0.15, 0.2) is 0 Å². The number of hydrogen-bond acceptors (Lipinski definition) is 3. The van der Waals surface area contributed by atoms with Gasteiger partial charge >= 0.3 is 5.24 Å². The van der Waals surface area contributed by atoms with Gasteiger partial charge < -0.3 is 5.32 Å². The van der Waals surface area contributed by atoms with Gasteiger partial charge in [0, 0.05) is 7.05 Å². The zero-order chi connectivity index (χ0) is 5.70. The fourth-order valence-corrected chi connectivity index (χ4v) is 0.227. The quantitative estimate of drug-likeness (QED) is 0.390. The van der Waals surface area contributed by atoms with Gasteiger partial charge in [-0.15, -0.1) is 0 Å². The van der Waals surface area contributed by atoms with Gasteiger partial charge in [0.25, 0.3) is 0 Å². The van der Waals surface area contributed by atoms with Gasteiger partial charge in [-0.05, 0) is 0 Å². The van der Waals surface area contributed by atoms with Crippen LogP contribution in [-0.2, 0) is 4.28 Å². The van der Waals surface area contributed by atoms with Crippen LogP contribution in [0.25, 0.3) is 0 Å². The predicted octanol–water partition coefficient (Wildman–Crippen LogP) is -0.0257. The van der Waals surface area contributed by atoms with Gasteiger partial charge in [-0.1, -0.05) is 0 Å². The summed E-state index contributed by atoms with van der Waals surface area (Å²) >= 11 is 0.337. The average molecular weight is 120 g/mol. The van der Waals surface area contributed by atoms with E-state index in [1.54, 1.807) is 0 Å². The standard InChI is InChI=1S/C2H4N2O2S/c1-4-2(5)7-6-3/h1H3,(H,4,5). The Kier molecular flexibility index (Phi) is 3.77. The molecule has 0 saturated heterocycles. The minimum atomic E-state index is -0.428. The summed E-state index contributed by atoms with van der Waals surface area (Å²) in [6.07, 6.45) is 0. The number of rotatable bonds is 1. The first-order valence-electron chi connectivity index (χ1n) is 1.51. The van der Waals surface area contributed by atoms with Crippen LogP contribution in [0.4, 0.5) is 4.79 Å². The molecule has 7 heavy (non-hydrogen) atoms. The molecule has 1 N–H and O–H groups in total. The van der Waals surface area contributed by atoms with Gasteiger partial charge in [0.15, 0.2) is 0 Å². The Bertz CT molecular complexity index is 66.7. The van der Waals surface area contributed by atoms with Crippen molar-refractivity contribution >= 4 is 17.3 Å². The number of hydrogen-bond donors (Lipinski definition) is 1. The third-order valence-corrected chi connectivity index (χ3v) is 0.747. The van der Waals surface area contributed by atoms with Gasteiger partial charge in [-0.3, -0.25) is 4.79 Å². The Morgan fingerprint density at radius 3 is 2.71 bits per heavy atom. The fourth-order valence-electron chi connectivity index (χ4n) is 0.0755. The summed E-state index contributed by atoms with van der Waals surface area (Å²) in [6.45, 7) is 0. The Balaban J connectivity index is 3.00. The molecule has 0 fully saturated rings. The summed E-state index contributed by atoms with van der Waals surface area (Å²) < 4.78 is 3.40. The van der Waals surface area contributed by atoms with Crippen molar-refractivity contribution in [1.82, 2.24) is 11.2 Å². The molecule has 0 saturated carbocycles. The van der Waals surface area contributed by atoms with Crippen molar-refractivity contribution in [2.45, 2.75) is 0 Å². The van der Waals surface area contributed by atoms with Crippen molar-refractivity contribution in [3.8, 4) is 0 Å². The van der Waals surface area contributed by atoms with Gasteiger partial charge in [0.1, 0.15) is 12.0 Å². The highest BCUT2D eigenvalue weighted by atomic mass is 32.2. The SMILES string of the molecule is CNC(=O)SO[N]. The monoisotopic (exact) mass is 120 g/mol. The zero-order valence-electron chi connectivity index (χ0n) is 3.67. The Hall–Kier alpha value is -0.260. The molecule has 0 aliphatic carbocycles. The van der Waals surface area contributed by atoms with Crippen LogP contribution in [0.5, 0.6) is 0 Å². The molecular weight excluding hydrogens is 116 g/mol. The van der Waals surface area contributed by atoms with E-state index < -0.39 is 5.24 Å². The van der Waals surface area contributed by atoms with Crippen LogP contribution >= 0.6 is 12.0 Å². The van der Waals surface area contributed by atoms with Crippen LogP contribution in [0.3, 0.4) is 0 Å². The van der Waals surface area contributed by atoms with Crippen molar-refractivity contribution < 1.29 is 9.08 Å². The average Bonchev–Trinajstić information content (AvgIpc) is 1.68. The van der Waals surface area contributed by atoms with Gasteiger partial charge in [0.05, 0.1) is 5.90 Å². The summed E-state index contributed by atoms with van der Waals surface area (Å²) in [5, 5.41) is 1.78. The lowest BCUT2D eigenvalue weighted by atomic mass is 11.2. The van der Waals surface area contributed by atoms with E-state index in [9.17, 15) is 4.79 Å². The van der Waals surface area contributed by atoms with E-state index >= 15 is 0 Å². The third-order valence-electron chi connectivity index (χ3n) is 0.317. The highest BCUT2D eigenvalue weighted by molar-refractivity contribution is 8.09. The van der Waals surface area contributed by atoms with E-state index in [1.165, 1.54) is 7.05 Å². The van der Waals surface area contributed by atoms with E-state index in [1.807, 2.05) is 0 Å². The number of nitrogens with one attached hydrogen (secondary N) is 1. The van der Waals surface area contributed by atoms with Crippen molar-refractivity contribution in [3.63, 3.8) is 0 Å². The molecule has 0 bridgehead atoms. The highest BCUT2D eigenvalue weighted by Gasteiger charge is 1.94. The molecular formula is C2H4N2O2S. The molecule has 1 amide bonds. The fraction of sp³-hybridized carbons (Fsp3) is 0.500. The van der Waals surface area contributed by atoms with Crippen LogP contribution in [0, 0.1) is 0 Å². The van der Waals surface area contributed by atoms with E-state index in [2.05, 4.69) is 9.60 Å². The molecule has 5 heteroatoms. The second-order valence-electron chi connectivity index (χ2n) is 0.695. The van der Waals surface area contributed by atoms with Crippen molar-refractivity contribution in [2.24, 2.45) is 0 Å². The van der Waals surface area contributed by atoms with Crippen LogP contribution < -0.4 is 11.2 Å². The maximum Gasteiger partial charge on any atom is 0.307 e. The maximum absolute atomic E-state index is 9.98. The van der Waals surface area contributed by atoms with Crippen LogP contribution in [0.2, 0.25) is 0 Å². The van der Waals surface area contributed by atoms with Gasteiger partial charge in [0.2, 0.25) is 0 Å². The molecule has 0 rings (SSSR count). The first kappa shape index (κ1) is 6.74. The Morgan fingerprint density at radius 1 is 2.00 bits per heavy atom. The van der Waals surface area contributed by atoms with Crippen molar-refractivity contribution in [3.05, 3.63) is 0 Å². The maximum atomic E-state index is 9.98. The van der Waals surface area contributed by atoms with Crippen LogP contribution in [0.1, 0.15) is 0 Å². The molecule has 4 nitrogen and oxygen atoms in total. The van der Waals surface area contributed by atoms with E-state index in [0.29, 0.717) is 12.0 Å². The van der Waals surface area contributed by atoms with E-state index in [4.69, 9.17) is 5.90 Å². The normalized spacial score (nSPS) is 8.29. The highest BCUT2D eigenvalue weighted by Crippen LogP contribution is 1.96. The molecule has 0 aromatic heterocycles. The molecule has 0 heterocycles. The van der Waals surface area contributed by atoms with Gasteiger partial charge in [-0.2, -0.15) is 4.28 Å². The second kappa shape index (κ2) is 3.91. The lowest BCUT2D eigenvalue weighted by Gasteiger charge is -1.88. The number of carbonyl (C=O) groups is 1. The molecule has 0 aromatic rings.